The third-order valence-corrected chi connectivity index (χ3v) is 3.82. The lowest BCUT2D eigenvalue weighted by Crippen LogP contribution is -2.46. The summed E-state index contributed by atoms with van der Waals surface area (Å²) in [6.07, 6.45) is 4.64. The van der Waals surface area contributed by atoms with E-state index in [-0.39, 0.29) is 11.3 Å². The highest BCUT2D eigenvalue weighted by Gasteiger charge is 2.35. The molecule has 1 rings (SSSR count). The van der Waals surface area contributed by atoms with E-state index >= 15 is 0 Å². The largest absolute Gasteiger partial charge is 0.352 e. The van der Waals surface area contributed by atoms with E-state index in [0.717, 1.165) is 12.8 Å². The van der Waals surface area contributed by atoms with Gasteiger partial charge >= 0.3 is 0 Å². The Balaban J connectivity index is 2.29. The predicted molar refractivity (Wildman–Crippen MR) is 67.3 cm³/mol. The highest BCUT2D eigenvalue weighted by atomic mass is 16.2. The molecule has 3 heteroatoms. The number of hydrogen-bond donors (Lipinski definition) is 2. The van der Waals surface area contributed by atoms with Crippen LogP contribution in [0.4, 0.5) is 0 Å². The average Bonchev–Trinajstić information content (AvgIpc) is 2.55. The van der Waals surface area contributed by atoms with Crippen LogP contribution < -0.4 is 10.6 Å². The smallest absolute Gasteiger partial charge is 0.234 e. The summed E-state index contributed by atoms with van der Waals surface area (Å²) in [5.74, 6) is 0.139. The van der Waals surface area contributed by atoms with Crippen LogP contribution in [0, 0.1) is 5.41 Å². The molecule has 0 saturated heterocycles. The third-order valence-electron chi connectivity index (χ3n) is 3.82. The Morgan fingerprint density at radius 2 is 2.19 bits per heavy atom. The van der Waals surface area contributed by atoms with Crippen molar-refractivity contribution in [2.24, 2.45) is 5.41 Å². The fourth-order valence-corrected chi connectivity index (χ4v) is 2.25. The van der Waals surface area contributed by atoms with Gasteiger partial charge < -0.3 is 10.6 Å². The fourth-order valence-electron chi connectivity index (χ4n) is 2.25. The van der Waals surface area contributed by atoms with Gasteiger partial charge in [0.05, 0.1) is 6.54 Å². The Labute approximate surface area is 99.4 Å². The monoisotopic (exact) mass is 226 g/mol. The summed E-state index contributed by atoms with van der Waals surface area (Å²) in [5, 5.41) is 6.37. The Morgan fingerprint density at radius 1 is 1.50 bits per heavy atom. The molecular weight excluding hydrogens is 200 g/mol. The molecule has 1 fully saturated rings. The molecule has 1 saturated carbocycles. The average molecular weight is 226 g/mol. The van der Waals surface area contributed by atoms with Crippen LogP contribution in [0.25, 0.3) is 0 Å². The maximum atomic E-state index is 11.7. The molecule has 0 heterocycles. The van der Waals surface area contributed by atoms with Gasteiger partial charge in [-0.05, 0) is 31.6 Å². The summed E-state index contributed by atoms with van der Waals surface area (Å²) in [5.41, 5.74) is 0.270. The molecule has 94 valence electrons. The topological polar surface area (TPSA) is 41.1 Å². The van der Waals surface area contributed by atoms with Crippen LogP contribution >= 0.6 is 0 Å². The van der Waals surface area contributed by atoms with Gasteiger partial charge in [0.1, 0.15) is 0 Å². The van der Waals surface area contributed by atoms with Crippen LogP contribution in [0.5, 0.6) is 0 Å². The molecule has 1 aliphatic rings. The van der Waals surface area contributed by atoms with Gasteiger partial charge in [0, 0.05) is 12.1 Å². The molecule has 0 aliphatic heterocycles. The summed E-state index contributed by atoms with van der Waals surface area (Å²) in [4.78, 5) is 11.7. The van der Waals surface area contributed by atoms with Gasteiger partial charge in [0.15, 0.2) is 0 Å². The van der Waals surface area contributed by atoms with Crippen molar-refractivity contribution in [3.63, 3.8) is 0 Å². The third kappa shape index (κ3) is 3.78. The van der Waals surface area contributed by atoms with E-state index in [1.807, 2.05) is 0 Å². The molecule has 0 aromatic carbocycles. The highest BCUT2D eigenvalue weighted by molar-refractivity contribution is 5.78. The van der Waals surface area contributed by atoms with Gasteiger partial charge in [-0.2, -0.15) is 0 Å². The van der Waals surface area contributed by atoms with Crippen molar-refractivity contribution in [2.75, 3.05) is 6.54 Å². The van der Waals surface area contributed by atoms with E-state index < -0.39 is 0 Å². The molecule has 16 heavy (non-hydrogen) atoms. The van der Waals surface area contributed by atoms with Crippen LogP contribution in [0.1, 0.15) is 53.4 Å². The minimum Gasteiger partial charge on any atom is -0.352 e. The number of nitrogens with one attached hydrogen (secondary N) is 2. The summed E-state index contributed by atoms with van der Waals surface area (Å²) in [6.45, 7) is 9.16. The van der Waals surface area contributed by atoms with Crippen molar-refractivity contribution in [3.8, 4) is 0 Å². The number of carbonyl (C=O) groups excluding carboxylic acids is 1. The molecule has 2 unspecified atom stereocenters. The summed E-state index contributed by atoms with van der Waals surface area (Å²) in [7, 11) is 0. The summed E-state index contributed by atoms with van der Waals surface area (Å²) in [6, 6.07) is 0.779. The van der Waals surface area contributed by atoms with E-state index in [0.29, 0.717) is 18.6 Å². The van der Waals surface area contributed by atoms with Gasteiger partial charge in [0.2, 0.25) is 5.91 Å². The lowest BCUT2D eigenvalue weighted by atomic mass is 9.87. The van der Waals surface area contributed by atoms with Gasteiger partial charge in [-0.15, -0.1) is 0 Å². The molecular formula is C13H26N2O. The summed E-state index contributed by atoms with van der Waals surface area (Å²) >= 11 is 0. The zero-order chi connectivity index (χ0) is 12.2. The van der Waals surface area contributed by atoms with Crippen LogP contribution in [0.3, 0.4) is 0 Å². The standard InChI is InChI=1S/C13H26N2O/c1-5-10(2)14-9-12(16)15-11-7-6-8-13(11,3)4/h10-11,14H,5-9H2,1-4H3,(H,15,16). The molecule has 0 aromatic heterocycles. The van der Waals surface area contributed by atoms with Gasteiger partial charge in [-0.25, -0.2) is 0 Å². The van der Waals surface area contributed by atoms with Crippen LogP contribution in [-0.2, 0) is 4.79 Å². The van der Waals surface area contributed by atoms with E-state index in [4.69, 9.17) is 0 Å². The maximum Gasteiger partial charge on any atom is 0.234 e. The lowest BCUT2D eigenvalue weighted by molar-refractivity contribution is -0.121. The quantitative estimate of drug-likeness (QED) is 0.753. The molecule has 0 radical (unpaired) electrons. The van der Waals surface area contributed by atoms with Crippen molar-refractivity contribution in [3.05, 3.63) is 0 Å². The Bertz CT molecular complexity index is 238. The first-order valence-electron chi connectivity index (χ1n) is 6.48. The van der Waals surface area contributed by atoms with Gasteiger partial charge in [0.25, 0.3) is 0 Å². The minimum absolute atomic E-state index is 0.139. The molecule has 0 bridgehead atoms. The second-order valence-electron chi connectivity index (χ2n) is 5.69. The molecule has 1 aliphatic carbocycles. The summed E-state index contributed by atoms with van der Waals surface area (Å²) < 4.78 is 0. The molecule has 1 amide bonds. The number of amides is 1. The Hall–Kier alpha value is -0.570. The first-order valence-corrected chi connectivity index (χ1v) is 6.48. The van der Waals surface area contributed by atoms with Gasteiger partial charge in [-0.1, -0.05) is 27.2 Å². The second kappa shape index (κ2) is 5.67. The predicted octanol–water partition coefficient (Wildman–Crippen LogP) is 2.07. The maximum absolute atomic E-state index is 11.7. The van der Waals surface area contributed by atoms with Crippen molar-refractivity contribution in [1.82, 2.24) is 10.6 Å². The first kappa shape index (κ1) is 13.5. The Morgan fingerprint density at radius 3 is 2.69 bits per heavy atom. The van der Waals surface area contributed by atoms with Gasteiger partial charge in [-0.3, -0.25) is 4.79 Å². The number of rotatable bonds is 5. The van der Waals surface area contributed by atoms with Crippen molar-refractivity contribution < 1.29 is 4.79 Å². The second-order valence-corrected chi connectivity index (χ2v) is 5.69. The molecule has 2 atom stereocenters. The number of carbonyl (C=O) groups is 1. The fraction of sp³-hybridized carbons (Fsp3) is 0.923. The zero-order valence-corrected chi connectivity index (χ0v) is 11.1. The molecule has 2 N–H and O–H groups in total. The minimum atomic E-state index is 0.139. The van der Waals surface area contributed by atoms with Crippen molar-refractivity contribution >= 4 is 5.91 Å². The van der Waals surface area contributed by atoms with Crippen molar-refractivity contribution in [2.45, 2.75) is 65.5 Å². The first-order chi connectivity index (χ1) is 7.45. The SMILES string of the molecule is CCC(C)NCC(=O)NC1CCCC1(C)C. The zero-order valence-electron chi connectivity index (χ0n) is 11.1. The molecule has 0 aromatic rings. The Kier molecular flexibility index (Phi) is 4.78. The van der Waals surface area contributed by atoms with Crippen LogP contribution in [0.2, 0.25) is 0 Å². The van der Waals surface area contributed by atoms with E-state index in [2.05, 4.69) is 38.3 Å². The lowest BCUT2D eigenvalue weighted by Gasteiger charge is -2.28. The highest BCUT2D eigenvalue weighted by Crippen LogP contribution is 2.36. The molecule has 0 spiro atoms. The van der Waals surface area contributed by atoms with E-state index in [1.54, 1.807) is 0 Å². The normalized spacial score (nSPS) is 25.4. The van der Waals surface area contributed by atoms with E-state index in [9.17, 15) is 4.79 Å². The molecule has 3 nitrogen and oxygen atoms in total. The van der Waals surface area contributed by atoms with Crippen LogP contribution in [-0.4, -0.2) is 24.5 Å². The number of hydrogen-bond acceptors (Lipinski definition) is 2. The van der Waals surface area contributed by atoms with E-state index in [1.165, 1.54) is 12.8 Å². The van der Waals surface area contributed by atoms with Crippen molar-refractivity contribution in [1.29, 1.82) is 0 Å². The van der Waals surface area contributed by atoms with Crippen LogP contribution in [0.15, 0.2) is 0 Å².